The van der Waals surface area contributed by atoms with Crippen LogP contribution in [-0.4, -0.2) is 4.40 Å². The van der Waals surface area contributed by atoms with E-state index in [1.165, 1.54) is 99.1 Å². The van der Waals surface area contributed by atoms with Gasteiger partial charge in [-0.1, -0.05) is 71.4 Å². The molecule has 2 heteroatoms. The maximum atomic E-state index is 2.62. The van der Waals surface area contributed by atoms with Gasteiger partial charge in [0, 0.05) is 16.8 Å². The Bertz CT molecular complexity index is 2230. The minimum absolute atomic E-state index is 0.415. The fraction of sp³-hybridized carbons (Fsp3) is 0.341. The lowest BCUT2D eigenvalue weighted by atomic mass is 9.80. The molecule has 0 bridgehead atoms. The second-order valence-corrected chi connectivity index (χ2v) is 14.1. The Balaban J connectivity index is 1.85. The lowest BCUT2D eigenvalue weighted by molar-refractivity contribution is -0.643. The van der Waals surface area contributed by atoms with E-state index < -0.39 is 0 Å². The van der Waals surface area contributed by atoms with Crippen LogP contribution in [-0.2, 0) is 7.05 Å². The summed E-state index contributed by atoms with van der Waals surface area (Å²) in [6.07, 6.45) is 2.27. The summed E-state index contributed by atoms with van der Waals surface area (Å²) in [5, 5.41) is 6.81. The van der Waals surface area contributed by atoms with Gasteiger partial charge in [-0.15, -0.1) is 0 Å². The molecular formula is C41H45N2+. The molecular weight excluding hydrogens is 520 g/mol. The molecule has 2 nitrogen and oxygen atoms in total. The summed E-state index contributed by atoms with van der Waals surface area (Å²) < 4.78 is 4.97. The first-order valence-electron chi connectivity index (χ1n) is 16.1. The molecule has 0 atom stereocenters. The van der Waals surface area contributed by atoms with E-state index in [0.29, 0.717) is 17.8 Å². The van der Waals surface area contributed by atoms with Gasteiger partial charge in [0.25, 0.3) is 0 Å². The average Bonchev–Trinajstić information content (AvgIpc) is 3.29. The Kier molecular flexibility index (Phi) is 6.19. The second-order valence-electron chi connectivity index (χ2n) is 14.1. The van der Waals surface area contributed by atoms with E-state index in [1.54, 1.807) is 0 Å². The van der Waals surface area contributed by atoms with Crippen molar-refractivity contribution in [2.45, 2.75) is 87.0 Å². The number of aryl methyl sites for hydroxylation is 5. The first-order chi connectivity index (χ1) is 20.4. The van der Waals surface area contributed by atoms with E-state index >= 15 is 0 Å². The molecule has 0 spiro atoms. The third-order valence-corrected chi connectivity index (χ3v) is 10.2. The molecule has 3 aromatic heterocycles. The maximum Gasteiger partial charge on any atom is 0.224 e. The van der Waals surface area contributed by atoms with Crippen molar-refractivity contribution in [2.75, 3.05) is 0 Å². The Morgan fingerprint density at radius 2 is 1.33 bits per heavy atom. The van der Waals surface area contributed by atoms with Crippen molar-refractivity contribution in [1.29, 1.82) is 0 Å². The van der Waals surface area contributed by atoms with Crippen molar-refractivity contribution < 1.29 is 4.57 Å². The third kappa shape index (κ3) is 3.81. The second kappa shape index (κ2) is 9.55. The van der Waals surface area contributed by atoms with Crippen LogP contribution in [0.25, 0.3) is 60.1 Å². The van der Waals surface area contributed by atoms with Crippen LogP contribution in [0, 0.1) is 27.7 Å². The first kappa shape index (κ1) is 27.9. The van der Waals surface area contributed by atoms with E-state index in [9.17, 15) is 0 Å². The number of rotatable bonds is 4. The Labute approximate surface area is 256 Å². The Morgan fingerprint density at radius 1 is 0.651 bits per heavy atom. The molecule has 0 radical (unpaired) electrons. The molecule has 218 valence electrons. The van der Waals surface area contributed by atoms with E-state index in [4.69, 9.17) is 0 Å². The summed E-state index contributed by atoms with van der Waals surface area (Å²) in [5.74, 6) is 1.32. The molecule has 43 heavy (non-hydrogen) atoms. The molecule has 0 aliphatic heterocycles. The maximum absolute atomic E-state index is 2.62. The standard InChI is InChI=1S/C41H45N2/c1-21(2)29-19-30(22(3)4)37(31(20-29)23(5)6)33-18-28-14-15-42(11)40-35-27(10)25(8)17-26(9)39(35)43-34-13-12-24(7)16-32(34)38(33)41(43)36(28)40/h12-23H,1-11H3/q+1. The normalized spacial score (nSPS) is 12.7. The van der Waals surface area contributed by atoms with Gasteiger partial charge in [0.15, 0.2) is 6.20 Å². The number of hydrogen-bond acceptors (Lipinski definition) is 0. The van der Waals surface area contributed by atoms with Crippen LogP contribution in [0.1, 0.15) is 98.2 Å². The number of nitrogens with zero attached hydrogens (tertiary/aromatic N) is 2. The number of benzene rings is 4. The molecule has 0 aliphatic rings. The zero-order valence-electron chi connectivity index (χ0n) is 27.8. The Morgan fingerprint density at radius 3 is 1.95 bits per heavy atom. The molecule has 7 aromatic rings. The Hall–Kier alpha value is -3.91. The summed E-state index contributed by atoms with van der Waals surface area (Å²) in [4.78, 5) is 0. The minimum Gasteiger partial charge on any atom is -0.307 e. The number of pyridine rings is 2. The van der Waals surface area contributed by atoms with Gasteiger partial charge in [0.2, 0.25) is 5.52 Å². The van der Waals surface area contributed by atoms with Gasteiger partial charge >= 0.3 is 0 Å². The molecule has 0 N–H and O–H groups in total. The molecule has 4 aromatic carbocycles. The molecule has 0 fully saturated rings. The van der Waals surface area contributed by atoms with E-state index in [0.717, 1.165) is 0 Å². The van der Waals surface area contributed by atoms with Crippen LogP contribution in [0.2, 0.25) is 0 Å². The summed E-state index contributed by atoms with van der Waals surface area (Å²) >= 11 is 0. The lowest BCUT2D eigenvalue weighted by Crippen LogP contribution is -2.29. The van der Waals surface area contributed by atoms with Gasteiger partial charge in [-0.2, -0.15) is 0 Å². The molecule has 0 saturated carbocycles. The van der Waals surface area contributed by atoms with Gasteiger partial charge in [-0.25, -0.2) is 4.57 Å². The molecule has 0 saturated heterocycles. The largest absolute Gasteiger partial charge is 0.307 e. The summed E-state index contributed by atoms with van der Waals surface area (Å²) in [6, 6.07) is 19.3. The third-order valence-electron chi connectivity index (χ3n) is 10.2. The van der Waals surface area contributed by atoms with Gasteiger partial charge in [0.05, 0.1) is 27.3 Å². The minimum atomic E-state index is 0.415. The van der Waals surface area contributed by atoms with Crippen molar-refractivity contribution >= 4 is 49.0 Å². The average molecular weight is 566 g/mol. The highest BCUT2D eigenvalue weighted by Gasteiger charge is 2.29. The SMILES string of the molecule is Cc1ccc2c(c1)c1c(-c3c(C(C)C)cc(C(C)C)cc3C(C)C)cc3cc[n+](C)c4c5c(C)c(C)cc(C)c5n2c1c34. The fourth-order valence-corrected chi connectivity index (χ4v) is 7.82. The number of hydrogen-bond donors (Lipinski definition) is 0. The highest BCUT2D eigenvalue weighted by Crippen LogP contribution is 2.49. The summed E-state index contributed by atoms with van der Waals surface area (Å²) in [5.41, 5.74) is 17.9. The quantitative estimate of drug-likeness (QED) is 0.114. The number of aromatic nitrogens is 2. The van der Waals surface area contributed by atoms with Crippen LogP contribution < -0.4 is 4.57 Å². The highest BCUT2D eigenvalue weighted by molar-refractivity contribution is 6.31. The zero-order chi connectivity index (χ0) is 30.6. The van der Waals surface area contributed by atoms with E-state index in [-0.39, 0.29) is 0 Å². The molecule has 7 rings (SSSR count). The van der Waals surface area contributed by atoms with Crippen LogP contribution in [0.5, 0.6) is 0 Å². The van der Waals surface area contributed by atoms with Crippen molar-refractivity contribution in [3.8, 4) is 11.1 Å². The van der Waals surface area contributed by atoms with Gasteiger partial charge in [0.1, 0.15) is 7.05 Å². The van der Waals surface area contributed by atoms with E-state index in [2.05, 4.69) is 140 Å². The van der Waals surface area contributed by atoms with Crippen molar-refractivity contribution in [2.24, 2.45) is 7.05 Å². The van der Waals surface area contributed by atoms with Crippen LogP contribution >= 0.6 is 0 Å². The monoisotopic (exact) mass is 565 g/mol. The van der Waals surface area contributed by atoms with Gasteiger partial charge in [-0.3, -0.25) is 0 Å². The topological polar surface area (TPSA) is 8.29 Å². The summed E-state index contributed by atoms with van der Waals surface area (Å²) in [6.45, 7) is 23.2. The van der Waals surface area contributed by atoms with Crippen molar-refractivity contribution in [3.05, 3.63) is 93.7 Å². The van der Waals surface area contributed by atoms with Crippen LogP contribution in [0.4, 0.5) is 0 Å². The number of fused-ring (bicyclic) bond motifs is 6. The first-order valence-corrected chi connectivity index (χ1v) is 16.1. The smallest absolute Gasteiger partial charge is 0.224 e. The highest BCUT2D eigenvalue weighted by atomic mass is 15.0. The molecule has 0 aliphatic carbocycles. The molecule has 0 unspecified atom stereocenters. The molecule has 0 amide bonds. The predicted molar refractivity (Wildman–Crippen MR) is 186 cm³/mol. The lowest BCUT2D eigenvalue weighted by Gasteiger charge is -2.24. The van der Waals surface area contributed by atoms with Crippen molar-refractivity contribution in [3.63, 3.8) is 0 Å². The van der Waals surface area contributed by atoms with Gasteiger partial charge in [-0.05, 0) is 114 Å². The predicted octanol–water partition coefficient (Wildman–Crippen LogP) is 11.1. The molecule has 3 heterocycles. The fourth-order valence-electron chi connectivity index (χ4n) is 7.82. The zero-order valence-corrected chi connectivity index (χ0v) is 27.8. The van der Waals surface area contributed by atoms with Crippen LogP contribution in [0.3, 0.4) is 0 Å². The van der Waals surface area contributed by atoms with Crippen LogP contribution in [0.15, 0.2) is 54.7 Å². The summed E-state index contributed by atoms with van der Waals surface area (Å²) in [7, 11) is 2.22. The van der Waals surface area contributed by atoms with Crippen molar-refractivity contribution in [1.82, 2.24) is 4.40 Å². The van der Waals surface area contributed by atoms with Gasteiger partial charge < -0.3 is 4.40 Å². The van der Waals surface area contributed by atoms with E-state index in [1.807, 2.05) is 0 Å².